The predicted octanol–water partition coefficient (Wildman–Crippen LogP) is 1.20. The highest BCUT2D eigenvalue weighted by Crippen LogP contribution is 2.20. The first kappa shape index (κ1) is 10.5. The molecule has 0 atom stereocenters. The van der Waals surface area contributed by atoms with Crippen LogP contribution in [-0.4, -0.2) is 24.0 Å². The molecule has 0 aliphatic carbocycles. The van der Waals surface area contributed by atoms with Gasteiger partial charge in [-0.1, -0.05) is 0 Å². The van der Waals surface area contributed by atoms with Crippen molar-refractivity contribution in [2.45, 2.75) is 13.3 Å². The zero-order chi connectivity index (χ0) is 11.7. The molecule has 1 fully saturated rings. The molecule has 0 saturated carbocycles. The average Bonchev–Trinajstić information content (AvgIpc) is 2.60. The van der Waals surface area contributed by atoms with Gasteiger partial charge in [0.1, 0.15) is 0 Å². The van der Waals surface area contributed by atoms with Crippen LogP contribution < -0.4 is 4.90 Å². The van der Waals surface area contributed by atoms with Crippen LogP contribution in [0.4, 0.5) is 5.69 Å². The van der Waals surface area contributed by atoms with Crippen molar-refractivity contribution in [3.63, 3.8) is 0 Å². The maximum absolute atomic E-state index is 11.4. The van der Waals surface area contributed by atoms with E-state index in [1.807, 2.05) is 0 Å². The Morgan fingerprint density at radius 3 is 2.25 bits per heavy atom. The Labute approximate surface area is 92.9 Å². The zero-order valence-corrected chi connectivity index (χ0v) is 8.90. The number of benzene rings is 1. The van der Waals surface area contributed by atoms with Crippen LogP contribution in [0.2, 0.25) is 0 Å². The maximum Gasteiger partial charge on any atom is 0.294 e. The van der Waals surface area contributed by atoms with Crippen molar-refractivity contribution >= 4 is 23.2 Å². The Hall–Kier alpha value is -1.97. The minimum absolute atomic E-state index is 0.0182. The van der Waals surface area contributed by atoms with Crippen LogP contribution in [-0.2, 0) is 9.59 Å². The number of carbonyl (C=O) groups is 3. The molecule has 1 aromatic rings. The lowest BCUT2D eigenvalue weighted by atomic mass is 10.1. The molecule has 1 heterocycles. The Morgan fingerprint density at radius 2 is 1.81 bits per heavy atom. The number of anilines is 1. The van der Waals surface area contributed by atoms with Crippen LogP contribution in [0, 0.1) is 0 Å². The number of carbonyl (C=O) groups excluding carboxylic acids is 3. The first-order valence-corrected chi connectivity index (χ1v) is 5.05. The Bertz CT molecular complexity index is 462. The summed E-state index contributed by atoms with van der Waals surface area (Å²) in [6.07, 6.45) is 0.271. The first-order valence-electron chi connectivity index (χ1n) is 5.05. The molecule has 1 amide bonds. The third-order valence-corrected chi connectivity index (χ3v) is 2.63. The van der Waals surface area contributed by atoms with E-state index < -0.39 is 5.91 Å². The van der Waals surface area contributed by atoms with Crippen LogP contribution in [0.15, 0.2) is 24.3 Å². The third-order valence-electron chi connectivity index (χ3n) is 2.63. The number of amides is 1. The number of nitrogens with zero attached hydrogens (tertiary/aromatic N) is 1. The summed E-state index contributed by atoms with van der Waals surface area (Å²) in [6, 6.07) is 6.70. The Balaban J connectivity index is 2.26. The Morgan fingerprint density at radius 1 is 1.19 bits per heavy atom. The Kier molecular flexibility index (Phi) is 2.56. The van der Waals surface area contributed by atoms with E-state index in [9.17, 15) is 14.4 Å². The summed E-state index contributed by atoms with van der Waals surface area (Å²) in [4.78, 5) is 35.0. The SMILES string of the molecule is CC(=O)c1ccc(N2CCC(=O)C2=O)cc1. The van der Waals surface area contributed by atoms with Gasteiger partial charge < -0.3 is 4.90 Å². The fraction of sp³-hybridized carbons (Fsp3) is 0.250. The highest BCUT2D eigenvalue weighted by molar-refractivity contribution is 6.43. The molecule has 1 aliphatic heterocycles. The van der Waals surface area contributed by atoms with Crippen LogP contribution in [0.25, 0.3) is 0 Å². The van der Waals surface area contributed by atoms with E-state index in [0.717, 1.165) is 0 Å². The van der Waals surface area contributed by atoms with Gasteiger partial charge in [-0.3, -0.25) is 14.4 Å². The molecular formula is C12H11NO3. The van der Waals surface area contributed by atoms with Gasteiger partial charge in [-0.2, -0.15) is 0 Å². The molecular weight excluding hydrogens is 206 g/mol. The number of hydrogen-bond acceptors (Lipinski definition) is 3. The predicted molar refractivity (Wildman–Crippen MR) is 58.4 cm³/mol. The molecule has 0 radical (unpaired) electrons. The third kappa shape index (κ3) is 1.74. The van der Waals surface area contributed by atoms with Crippen molar-refractivity contribution in [1.82, 2.24) is 0 Å². The van der Waals surface area contributed by atoms with Crippen molar-refractivity contribution in [3.05, 3.63) is 29.8 Å². The lowest BCUT2D eigenvalue weighted by molar-refractivity contribution is -0.133. The van der Waals surface area contributed by atoms with E-state index in [0.29, 0.717) is 17.8 Å². The largest absolute Gasteiger partial charge is 0.305 e. The van der Waals surface area contributed by atoms with Gasteiger partial charge in [-0.15, -0.1) is 0 Å². The molecule has 4 heteroatoms. The molecule has 82 valence electrons. The van der Waals surface area contributed by atoms with E-state index in [-0.39, 0.29) is 18.0 Å². The van der Waals surface area contributed by atoms with E-state index >= 15 is 0 Å². The van der Waals surface area contributed by atoms with E-state index in [2.05, 4.69) is 0 Å². The molecule has 0 spiro atoms. The van der Waals surface area contributed by atoms with Crippen LogP contribution in [0.3, 0.4) is 0 Å². The summed E-state index contributed by atoms with van der Waals surface area (Å²) in [7, 11) is 0. The molecule has 1 aromatic carbocycles. The topological polar surface area (TPSA) is 54.5 Å². The summed E-state index contributed by atoms with van der Waals surface area (Å²) >= 11 is 0. The summed E-state index contributed by atoms with van der Waals surface area (Å²) in [5.74, 6) is -0.832. The molecule has 0 N–H and O–H groups in total. The minimum Gasteiger partial charge on any atom is -0.305 e. The molecule has 1 aliphatic rings. The highest BCUT2D eigenvalue weighted by Gasteiger charge is 2.30. The average molecular weight is 217 g/mol. The summed E-state index contributed by atoms with van der Waals surface area (Å²) < 4.78 is 0. The molecule has 0 bridgehead atoms. The fourth-order valence-corrected chi connectivity index (χ4v) is 1.69. The molecule has 16 heavy (non-hydrogen) atoms. The molecule has 2 rings (SSSR count). The van der Waals surface area contributed by atoms with Crippen molar-refractivity contribution < 1.29 is 14.4 Å². The number of ketones is 2. The standard InChI is InChI=1S/C12H11NO3/c1-8(14)9-2-4-10(5-3-9)13-7-6-11(15)12(13)16/h2-5H,6-7H2,1H3. The fourth-order valence-electron chi connectivity index (χ4n) is 1.69. The van der Waals surface area contributed by atoms with Gasteiger partial charge in [0, 0.05) is 24.2 Å². The van der Waals surface area contributed by atoms with Gasteiger partial charge in [-0.25, -0.2) is 0 Å². The van der Waals surface area contributed by atoms with Gasteiger partial charge in [0.2, 0.25) is 5.78 Å². The number of hydrogen-bond donors (Lipinski definition) is 0. The van der Waals surface area contributed by atoms with Gasteiger partial charge in [-0.05, 0) is 31.2 Å². The van der Waals surface area contributed by atoms with Gasteiger partial charge >= 0.3 is 0 Å². The molecule has 0 unspecified atom stereocenters. The summed E-state index contributed by atoms with van der Waals surface area (Å²) in [6.45, 7) is 1.91. The van der Waals surface area contributed by atoms with Crippen LogP contribution >= 0.6 is 0 Å². The van der Waals surface area contributed by atoms with Gasteiger partial charge in [0.05, 0.1) is 0 Å². The van der Waals surface area contributed by atoms with E-state index in [1.165, 1.54) is 11.8 Å². The minimum atomic E-state index is -0.462. The second-order valence-electron chi connectivity index (χ2n) is 3.73. The van der Waals surface area contributed by atoms with E-state index in [4.69, 9.17) is 0 Å². The number of rotatable bonds is 2. The molecule has 0 aromatic heterocycles. The lowest BCUT2D eigenvalue weighted by Crippen LogP contribution is -2.26. The molecule has 1 saturated heterocycles. The van der Waals surface area contributed by atoms with Crippen molar-refractivity contribution in [1.29, 1.82) is 0 Å². The summed E-state index contributed by atoms with van der Waals surface area (Å²) in [5.41, 5.74) is 1.27. The van der Waals surface area contributed by atoms with Crippen molar-refractivity contribution in [2.75, 3.05) is 11.4 Å². The van der Waals surface area contributed by atoms with Crippen molar-refractivity contribution in [2.24, 2.45) is 0 Å². The lowest BCUT2D eigenvalue weighted by Gasteiger charge is -2.14. The van der Waals surface area contributed by atoms with Gasteiger partial charge in [0.25, 0.3) is 5.91 Å². The zero-order valence-electron chi connectivity index (χ0n) is 8.90. The maximum atomic E-state index is 11.4. The number of Topliss-reactive ketones (excluding diaryl/α,β-unsaturated/α-hetero) is 2. The van der Waals surface area contributed by atoms with Crippen LogP contribution in [0.1, 0.15) is 23.7 Å². The van der Waals surface area contributed by atoms with Gasteiger partial charge in [0.15, 0.2) is 5.78 Å². The highest BCUT2D eigenvalue weighted by atomic mass is 16.2. The normalized spacial score (nSPS) is 15.7. The second-order valence-corrected chi connectivity index (χ2v) is 3.73. The van der Waals surface area contributed by atoms with E-state index in [1.54, 1.807) is 24.3 Å². The van der Waals surface area contributed by atoms with Crippen molar-refractivity contribution in [3.8, 4) is 0 Å². The summed E-state index contributed by atoms with van der Waals surface area (Å²) in [5, 5.41) is 0. The smallest absolute Gasteiger partial charge is 0.294 e. The molecule has 4 nitrogen and oxygen atoms in total. The second kappa shape index (κ2) is 3.89. The first-order chi connectivity index (χ1) is 7.59. The van der Waals surface area contributed by atoms with Crippen LogP contribution in [0.5, 0.6) is 0 Å². The quantitative estimate of drug-likeness (QED) is 0.552. The monoisotopic (exact) mass is 217 g/mol.